The van der Waals surface area contributed by atoms with Gasteiger partial charge in [-0.25, -0.2) is 0 Å². The van der Waals surface area contributed by atoms with Crippen LogP contribution in [-0.4, -0.2) is 18.0 Å². The van der Waals surface area contributed by atoms with Crippen LogP contribution in [0.4, 0.5) is 0 Å². The third-order valence-electron chi connectivity index (χ3n) is 2.10. The zero-order valence-electron chi connectivity index (χ0n) is 9.79. The minimum Gasteiger partial charge on any atom is -0.332 e. The number of nitrogens with one attached hydrogen (secondary N) is 2. The van der Waals surface area contributed by atoms with Gasteiger partial charge in [-0.15, -0.1) is 0 Å². The predicted molar refractivity (Wildman–Crippen MR) is 64.6 cm³/mol. The van der Waals surface area contributed by atoms with Gasteiger partial charge in [-0.3, -0.25) is 9.59 Å². The highest BCUT2D eigenvalue weighted by Gasteiger charge is 2.11. The fraction of sp³-hybridized carbons (Fsp3) is 0.500. The molecule has 0 fully saturated rings. The molecular formula is C12H20N2O2. The van der Waals surface area contributed by atoms with Gasteiger partial charge in [0.2, 0.25) is 11.8 Å². The first-order chi connectivity index (χ1) is 7.63. The third kappa shape index (κ3) is 6.81. The minimum absolute atomic E-state index is 0.286. The Hall–Kier alpha value is -1.58. The van der Waals surface area contributed by atoms with Crippen molar-refractivity contribution >= 4 is 11.8 Å². The fourth-order valence-electron chi connectivity index (χ4n) is 1.24. The number of amides is 2. The summed E-state index contributed by atoms with van der Waals surface area (Å²) in [4.78, 5) is 22.2. The van der Waals surface area contributed by atoms with Gasteiger partial charge in [0, 0.05) is 0 Å². The molecule has 0 unspecified atom stereocenters. The van der Waals surface area contributed by atoms with Crippen molar-refractivity contribution in [3.05, 3.63) is 25.3 Å². The number of carbonyl (C=O) groups is 2. The van der Waals surface area contributed by atoms with Crippen LogP contribution in [0, 0.1) is 0 Å². The summed E-state index contributed by atoms with van der Waals surface area (Å²) in [6, 6.07) is 0. The monoisotopic (exact) mass is 224 g/mol. The van der Waals surface area contributed by atoms with Gasteiger partial charge in [-0.2, -0.15) is 0 Å². The van der Waals surface area contributed by atoms with Crippen LogP contribution in [-0.2, 0) is 9.59 Å². The molecule has 4 heteroatoms. The van der Waals surface area contributed by atoms with Crippen molar-refractivity contribution in [3.8, 4) is 0 Å². The molecule has 0 radical (unpaired) electrons. The standard InChI is InChI=1S/C12H20N2O2/c1-4-7-8-9-10(13-11(15)5-2)14-12(16)6-3/h5-6,10H,2-4,7-9H2,1H3,(H,13,15)(H,14,16). The number of rotatable bonds is 8. The molecule has 0 aromatic heterocycles. The average molecular weight is 224 g/mol. The van der Waals surface area contributed by atoms with Gasteiger partial charge in [0.05, 0.1) is 0 Å². The van der Waals surface area contributed by atoms with Crippen LogP contribution in [0.2, 0.25) is 0 Å². The van der Waals surface area contributed by atoms with Gasteiger partial charge in [-0.1, -0.05) is 32.9 Å². The summed E-state index contributed by atoms with van der Waals surface area (Å²) < 4.78 is 0. The highest BCUT2D eigenvalue weighted by atomic mass is 16.2. The number of unbranched alkanes of at least 4 members (excludes halogenated alkanes) is 2. The summed E-state index contributed by atoms with van der Waals surface area (Å²) in [5.74, 6) is -0.572. The summed E-state index contributed by atoms with van der Waals surface area (Å²) >= 11 is 0. The smallest absolute Gasteiger partial charge is 0.244 e. The first-order valence-corrected chi connectivity index (χ1v) is 5.49. The molecule has 0 rings (SSSR count). The van der Waals surface area contributed by atoms with E-state index in [9.17, 15) is 9.59 Å². The summed E-state index contributed by atoms with van der Waals surface area (Å²) in [5.41, 5.74) is 0. The Morgan fingerprint density at radius 3 is 2.00 bits per heavy atom. The number of hydrogen-bond donors (Lipinski definition) is 2. The zero-order chi connectivity index (χ0) is 12.4. The lowest BCUT2D eigenvalue weighted by atomic mass is 10.1. The van der Waals surface area contributed by atoms with E-state index in [2.05, 4.69) is 30.7 Å². The maximum atomic E-state index is 11.1. The number of carbonyl (C=O) groups excluding carboxylic acids is 2. The maximum absolute atomic E-state index is 11.1. The molecule has 0 saturated heterocycles. The molecular weight excluding hydrogens is 204 g/mol. The van der Waals surface area contributed by atoms with Crippen molar-refractivity contribution in [2.24, 2.45) is 0 Å². The lowest BCUT2D eigenvalue weighted by Gasteiger charge is -2.18. The summed E-state index contributed by atoms with van der Waals surface area (Å²) in [6.07, 6.45) is 5.87. The highest BCUT2D eigenvalue weighted by molar-refractivity contribution is 5.89. The number of hydrogen-bond acceptors (Lipinski definition) is 2. The van der Waals surface area contributed by atoms with Crippen molar-refractivity contribution in [1.82, 2.24) is 10.6 Å². The van der Waals surface area contributed by atoms with Crippen molar-refractivity contribution in [2.75, 3.05) is 0 Å². The van der Waals surface area contributed by atoms with Gasteiger partial charge in [0.15, 0.2) is 0 Å². The van der Waals surface area contributed by atoms with Crippen LogP contribution < -0.4 is 10.6 Å². The van der Waals surface area contributed by atoms with Crippen molar-refractivity contribution < 1.29 is 9.59 Å². The zero-order valence-corrected chi connectivity index (χ0v) is 9.79. The SMILES string of the molecule is C=CC(=O)NC(CCCCC)NC(=O)C=C. The molecule has 16 heavy (non-hydrogen) atoms. The Bertz CT molecular complexity index is 240. The predicted octanol–water partition coefficient (Wildman–Crippen LogP) is 1.50. The second kappa shape index (κ2) is 8.71. The molecule has 4 nitrogen and oxygen atoms in total. The lowest BCUT2D eigenvalue weighted by molar-refractivity contribution is -0.119. The van der Waals surface area contributed by atoms with Gasteiger partial charge in [0.1, 0.15) is 6.17 Å². The highest BCUT2D eigenvalue weighted by Crippen LogP contribution is 2.01. The molecule has 0 aliphatic carbocycles. The second-order valence-corrected chi connectivity index (χ2v) is 3.47. The third-order valence-corrected chi connectivity index (χ3v) is 2.10. The van der Waals surface area contributed by atoms with E-state index in [0.717, 1.165) is 19.3 Å². The van der Waals surface area contributed by atoms with E-state index in [1.807, 2.05) is 0 Å². The van der Waals surface area contributed by atoms with Crippen molar-refractivity contribution in [3.63, 3.8) is 0 Å². The Kier molecular flexibility index (Phi) is 7.85. The maximum Gasteiger partial charge on any atom is 0.244 e. The lowest BCUT2D eigenvalue weighted by Crippen LogP contribution is -2.46. The van der Waals surface area contributed by atoms with E-state index in [4.69, 9.17) is 0 Å². The van der Waals surface area contributed by atoms with E-state index in [1.54, 1.807) is 0 Å². The summed E-state index contributed by atoms with van der Waals surface area (Å²) in [7, 11) is 0. The Morgan fingerprint density at radius 2 is 1.62 bits per heavy atom. The van der Waals surface area contributed by atoms with Crippen LogP contribution in [0.3, 0.4) is 0 Å². The Balaban J connectivity index is 4.14. The van der Waals surface area contributed by atoms with Crippen LogP contribution >= 0.6 is 0 Å². The first-order valence-electron chi connectivity index (χ1n) is 5.49. The van der Waals surface area contributed by atoms with E-state index in [0.29, 0.717) is 6.42 Å². The molecule has 0 saturated carbocycles. The van der Waals surface area contributed by atoms with Crippen molar-refractivity contribution in [2.45, 2.75) is 38.8 Å². The van der Waals surface area contributed by atoms with Gasteiger partial charge in [-0.05, 0) is 25.0 Å². The van der Waals surface area contributed by atoms with Gasteiger partial charge in [0.25, 0.3) is 0 Å². The van der Waals surface area contributed by atoms with Crippen LogP contribution in [0.15, 0.2) is 25.3 Å². The molecule has 0 aliphatic rings. The van der Waals surface area contributed by atoms with E-state index in [-0.39, 0.29) is 18.0 Å². The van der Waals surface area contributed by atoms with Crippen LogP contribution in [0.25, 0.3) is 0 Å². The van der Waals surface area contributed by atoms with Gasteiger partial charge >= 0.3 is 0 Å². The molecule has 0 spiro atoms. The summed E-state index contributed by atoms with van der Waals surface area (Å²) in [5, 5.41) is 5.31. The largest absolute Gasteiger partial charge is 0.332 e. The second-order valence-electron chi connectivity index (χ2n) is 3.47. The van der Waals surface area contributed by atoms with Crippen molar-refractivity contribution in [1.29, 1.82) is 0 Å². The normalized spacial score (nSPS) is 9.62. The quantitative estimate of drug-likeness (QED) is 0.373. The van der Waals surface area contributed by atoms with Gasteiger partial charge < -0.3 is 10.6 Å². The minimum atomic E-state index is -0.345. The Labute approximate surface area is 96.8 Å². The topological polar surface area (TPSA) is 58.2 Å². The molecule has 90 valence electrons. The Morgan fingerprint density at radius 1 is 1.12 bits per heavy atom. The van der Waals surface area contributed by atoms with Crippen LogP contribution in [0.1, 0.15) is 32.6 Å². The first kappa shape index (κ1) is 14.4. The molecule has 0 bridgehead atoms. The molecule has 0 atom stereocenters. The molecule has 2 N–H and O–H groups in total. The molecule has 2 amide bonds. The average Bonchev–Trinajstić information content (AvgIpc) is 2.28. The molecule has 0 aromatic rings. The fourth-order valence-corrected chi connectivity index (χ4v) is 1.24. The molecule has 0 aromatic carbocycles. The van der Waals surface area contributed by atoms with E-state index >= 15 is 0 Å². The molecule has 0 aliphatic heterocycles. The van der Waals surface area contributed by atoms with Crippen LogP contribution in [0.5, 0.6) is 0 Å². The summed E-state index contributed by atoms with van der Waals surface area (Å²) in [6.45, 7) is 8.83. The molecule has 0 heterocycles. The van der Waals surface area contributed by atoms with E-state index < -0.39 is 0 Å². The van der Waals surface area contributed by atoms with E-state index in [1.165, 1.54) is 12.2 Å².